The number of ketones is 1. The molecule has 1 aromatic carbocycles. The van der Waals surface area contributed by atoms with Gasteiger partial charge in [-0.1, -0.05) is 56.0 Å². The van der Waals surface area contributed by atoms with Crippen molar-refractivity contribution in [2.75, 3.05) is 11.6 Å². The molecule has 0 saturated carbocycles. The van der Waals surface area contributed by atoms with Crippen LogP contribution in [-0.4, -0.2) is 26.8 Å². The van der Waals surface area contributed by atoms with Crippen LogP contribution in [0.5, 0.6) is 0 Å². The zero-order valence-corrected chi connectivity index (χ0v) is 15.7. The number of hydrogen-bond donors (Lipinski definition) is 1. The topological polar surface area (TPSA) is 59.8 Å². The molecule has 0 saturated heterocycles. The molecular formula is C19H22N4OS. The quantitative estimate of drug-likeness (QED) is 0.831. The van der Waals surface area contributed by atoms with Crippen LogP contribution < -0.4 is 5.32 Å². The predicted molar refractivity (Wildman–Crippen MR) is 99.7 cm³/mol. The van der Waals surface area contributed by atoms with E-state index in [1.165, 1.54) is 17.3 Å². The molecule has 0 spiro atoms. The molecule has 0 amide bonds. The highest BCUT2D eigenvalue weighted by molar-refractivity contribution is 7.98. The van der Waals surface area contributed by atoms with Gasteiger partial charge in [-0.3, -0.25) is 4.79 Å². The average molecular weight is 354 g/mol. The summed E-state index contributed by atoms with van der Waals surface area (Å²) in [6, 6.07) is 8.08. The van der Waals surface area contributed by atoms with Crippen molar-refractivity contribution in [3.63, 3.8) is 0 Å². The monoisotopic (exact) mass is 354 g/mol. The number of carbonyl (C=O) groups excluding carboxylic acids is 1. The van der Waals surface area contributed by atoms with E-state index >= 15 is 0 Å². The van der Waals surface area contributed by atoms with E-state index in [2.05, 4.69) is 54.4 Å². The Morgan fingerprint density at radius 1 is 1.32 bits per heavy atom. The molecule has 1 aliphatic heterocycles. The first kappa shape index (κ1) is 16.4. The number of rotatable bonds is 2. The number of benzene rings is 1. The molecule has 1 aliphatic carbocycles. The number of hydrogen-bond acceptors (Lipinski definition) is 5. The van der Waals surface area contributed by atoms with Crippen molar-refractivity contribution in [3.8, 4) is 0 Å². The summed E-state index contributed by atoms with van der Waals surface area (Å²) in [6.45, 7) is 6.29. The van der Waals surface area contributed by atoms with Crippen LogP contribution >= 0.6 is 11.8 Å². The highest BCUT2D eigenvalue weighted by Gasteiger charge is 2.45. The van der Waals surface area contributed by atoms with Gasteiger partial charge in [0.05, 0.1) is 12.0 Å². The number of anilines is 1. The van der Waals surface area contributed by atoms with Crippen molar-refractivity contribution < 1.29 is 4.79 Å². The average Bonchev–Trinajstić information content (AvgIpc) is 2.95. The number of allylic oxidation sites excluding steroid dienone is 2. The second kappa shape index (κ2) is 5.73. The highest BCUT2D eigenvalue weighted by Crippen LogP contribution is 2.46. The zero-order chi connectivity index (χ0) is 17.8. The minimum Gasteiger partial charge on any atom is -0.328 e. The lowest BCUT2D eigenvalue weighted by Crippen LogP contribution is -2.42. The molecule has 1 N–H and O–H groups in total. The predicted octanol–water partition coefficient (Wildman–Crippen LogP) is 3.82. The Morgan fingerprint density at radius 2 is 2.08 bits per heavy atom. The van der Waals surface area contributed by atoms with E-state index in [1.54, 1.807) is 0 Å². The number of aromatic nitrogens is 3. The second-order valence-electron chi connectivity index (χ2n) is 7.50. The number of nitrogens with zero attached hydrogens (tertiary/aromatic N) is 3. The Labute approximate surface area is 151 Å². The molecule has 2 aromatic rings. The van der Waals surface area contributed by atoms with E-state index in [-0.39, 0.29) is 23.2 Å². The van der Waals surface area contributed by atoms with Crippen LogP contribution in [0.3, 0.4) is 0 Å². The molecule has 2 aliphatic rings. The molecule has 25 heavy (non-hydrogen) atoms. The van der Waals surface area contributed by atoms with Crippen molar-refractivity contribution in [2.45, 2.75) is 38.4 Å². The van der Waals surface area contributed by atoms with Crippen LogP contribution in [0.2, 0.25) is 0 Å². The second-order valence-corrected chi connectivity index (χ2v) is 8.28. The van der Waals surface area contributed by atoms with Crippen molar-refractivity contribution >= 4 is 23.5 Å². The van der Waals surface area contributed by atoms with E-state index in [9.17, 15) is 4.79 Å². The summed E-state index contributed by atoms with van der Waals surface area (Å²) in [7, 11) is 0. The van der Waals surface area contributed by atoms with Crippen LogP contribution in [0.15, 0.2) is 41.2 Å². The van der Waals surface area contributed by atoms with Crippen molar-refractivity contribution in [2.24, 2.45) is 11.3 Å². The number of thioether (sulfide) groups is 1. The molecule has 0 fully saturated rings. The molecule has 130 valence electrons. The SMILES string of the molecule is CSc1nc2n(n1)[C@H](c1ccccc1C)[C@H]1C(=O)CC(C)(C)C=C1N2. The first-order valence-electron chi connectivity index (χ1n) is 8.48. The summed E-state index contributed by atoms with van der Waals surface area (Å²) in [5.74, 6) is 0.735. The molecule has 2 heterocycles. The van der Waals surface area contributed by atoms with Gasteiger partial charge in [0.15, 0.2) is 0 Å². The van der Waals surface area contributed by atoms with Gasteiger partial charge in [0.25, 0.3) is 0 Å². The Morgan fingerprint density at radius 3 is 2.80 bits per heavy atom. The fraction of sp³-hybridized carbons (Fsp3) is 0.421. The number of Topliss-reactive ketones (excluding diaryl/α,β-unsaturated/α-hetero) is 1. The Balaban J connectivity index is 1.94. The van der Waals surface area contributed by atoms with E-state index < -0.39 is 0 Å². The smallest absolute Gasteiger partial charge is 0.227 e. The Bertz CT molecular complexity index is 883. The summed E-state index contributed by atoms with van der Waals surface area (Å²) in [5.41, 5.74) is 3.11. The molecule has 6 heteroatoms. The van der Waals surface area contributed by atoms with Gasteiger partial charge in [0.2, 0.25) is 11.1 Å². The summed E-state index contributed by atoms with van der Waals surface area (Å²) in [5, 5.41) is 8.75. The van der Waals surface area contributed by atoms with Gasteiger partial charge < -0.3 is 5.32 Å². The van der Waals surface area contributed by atoms with Gasteiger partial charge in [-0.15, -0.1) is 5.10 Å². The van der Waals surface area contributed by atoms with Crippen molar-refractivity contribution in [1.82, 2.24) is 14.8 Å². The molecule has 2 atom stereocenters. The lowest BCUT2D eigenvalue weighted by atomic mass is 9.71. The maximum Gasteiger partial charge on any atom is 0.227 e. The Kier molecular flexibility index (Phi) is 3.76. The summed E-state index contributed by atoms with van der Waals surface area (Å²) < 4.78 is 1.90. The molecule has 1 aromatic heterocycles. The Hall–Kier alpha value is -2.08. The standard InChI is InChI=1S/C19H22N4OS/c1-11-7-5-6-8-12(11)16-15-13(9-19(2,3)10-14(15)24)20-17-21-18(25-4)22-23(16)17/h5-9,15-16H,10H2,1-4H3,(H,20,21,22)/t15-,16-/m1/s1. The van der Waals surface area contributed by atoms with E-state index in [0.29, 0.717) is 17.5 Å². The first-order chi connectivity index (χ1) is 11.9. The molecule has 5 nitrogen and oxygen atoms in total. The van der Waals surface area contributed by atoms with Crippen LogP contribution in [0, 0.1) is 18.3 Å². The lowest BCUT2D eigenvalue weighted by Gasteiger charge is -2.40. The van der Waals surface area contributed by atoms with Crippen LogP contribution in [0.1, 0.15) is 37.4 Å². The number of aryl methyl sites for hydroxylation is 1. The summed E-state index contributed by atoms with van der Waals surface area (Å²) in [4.78, 5) is 17.7. The fourth-order valence-corrected chi connectivity index (χ4v) is 4.27. The van der Waals surface area contributed by atoms with Gasteiger partial charge in [-0.05, 0) is 29.7 Å². The first-order valence-corrected chi connectivity index (χ1v) is 9.71. The number of nitrogens with one attached hydrogen (secondary N) is 1. The fourth-order valence-electron chi connectivity index (χ4n) is 3.92. The number of carbonyl (C=O) groups is 1. The molecule has 0 bridgehead atoms. The number of fused-ring (bicyclic) bond motifs is 2. The molecular weight excluding hydrogens is 332 g/mol. The van der Waals surface area contributed by atoms with Gasteiger partial charge in [-0.2, -0.15) is 4.98 Å². The van der Waals surface area contributed by atoms with E-state index in [0.717, 1.165) is 11.3 Å². The van der Waals surface area contributed by atoms with Gasteiger partial charge in [0.1, 0.15) is 5.78 Å². The molecule has 0 unspecified atom stereocenters. The lowest BCUT2D eigenvalue weighted by molar-refractivity contribution is -0.125. The molecule has 0 radical (unpaired) electrons. The van der Waals surface area contributed by atoms with Gasteiger partial charge >= 0.3 is 0 Å². The third kappa shape index (κ3) is 2.68. The van der Waals surface area contributed by atoms with Crippen molar-refractivity contribution in [3.05, 3.63) is 47.2 Å². The minimum absolute atomic E-state index is 0.142. The minimum atomic E-state index is -0.238. The maximum atomic E-state index is 13.1. The third-order valence-electron chi connectivity index (χ3n) is 4.99. The largest absolute Gasteiger partial charge is 0.328 e. The van der Waals surface area contributed by atoms with E-state index in [4.69, 9.17) is 0 Å². The maximum absolute atomic E-state index is 13.1. The summed E-state index contributed by atoms with van der Waals surface area (Å²) in [6.07, 6.45) is 4.70. The van der Waals surface area contributed by atoms with Crippen LogP contribution in [0.4, 0.5) is 5.95 Å². The normalized spacial score (nSPS) is 24.2. The van der Waals surface area contributed by atoms with E-state index in [1.807, 2.05) is 23.1 Å². The van der Waals surface area contributed by atoms with Crippen LogP contribution in [0.25, 0.3) is 0 Å². The third-order valence-corrected chi connectivity index (χ3v) is 5.53. The molecule has 4 rings (SSSR count). The highest BCUT2D eigenvalue weighted by atomic mass is 32.2. The zero-order valence-electron chi connectivity index (χ0n) is 14.9. The van der Waals surface area contributed by atoms with Crippen molar-refractivity contribution in [1.29, 1.82) is 0 Å². The van der Waals surface area contributed by atoms with Gasteiger partial charge in [-0.25, -0.2) is 4.68 Å². The van der Waals surface area contributed by atoms with Crippen LogP contribution in [-0.2, 0) is 4.79 Å². The van der Waals surface area contributed by atoms with Gasteiger partial charge in [0, 0.05) is 12.1 Å². The summed E-state index contributed by atoms with van der Waals surface area (Å²) >= 11 is 1.51.